The lowest BCUT2D eigenvalue weighted by molar-refractivity contribution is 0.0468. The minimum Gasteiger partial charge on any atom is -0.502 e. The van der Waals surface area contributed by atoms with E-state index in [1.165, 1.54) is 28.4 Å². The van der Waals surface area contributed by atoms with Gasteiger partial charge in [0, 0.05) is 24.0 Å². The molecule has 2 aromatic rings. The topological polar surface area (TPSA) is 118 Å². The van der Waals surface area contributed by atoms with Crippen molar-refractivity contribution in [1.29, 1.82) is 0 Å². The smallest absolute Gasteiger partial charge is 0.201 e. The van der Waals surface area contributed by atoms with E-state index < -0.39 is 17.9 Å². The summed E-state index contributed by atoms with van der Waals surface area (Å²) in [4.78, 5) is 0. The first-order chi connectivity index (χ1) is 13.9. The zero-order chi connectivity index (χ0) is 21.3. The summed E-state index contributed by atoms with van der Waals surface area (Å²) in [6.07, 6.45) is -0.601. The molecule has 0 saturated heterocycles. The molecule has 158 valence electrons. The number of ether oxygens (including phenoxy) is 4. The molecule has 1 aliphatic rings. The molecule has 3 atom stereocenters. The average molecular weight is 406 g/mol. The van der Waals surface area contributed by atoms with Gasteiger partial charge in [0.2, 0.25) is 11.5 Å². The van der Waals surface area contributed by atoms with Crippen molar-refractivity contribution >= 4 is 0 Å². The summed E-state index contributed by atoms with van der Waals surface area (Å²) in [7, 11) is 5.69. The first-order valence-electron chi connectivity index (χ1n) is 9.12. The van der Waals surface area contributed by atoms with Crippen molar-refractivity contribution in [2.75, 3.05) is 35.0 Å². The van der Waals surface area contributed by atoms with E-state index in [0.29, 0.717) is 17.5 Å². The molecule has 0 aliphatic heterocycles. The lowest BCUT2D eigenvalue weighted by Crippen LogP contribution is -2.37. The Morgan fingerprint density at radius 3 is 1.90 bits per heavy atom. The van der Waals surface area contributed by atoms with Crippen LogP contribution in [0.2, 0.25) is 0 Å². The number of fused-ring (bicyclic) bond motifs is 1. The standard InChI is InChI=1S/C21H26O8/c1-26-13-7-11(8-14(27-2)19(13)24)16-17-10(5-12(9-22)18(16)23)6-15(28-3)20(25)21(17)29-4/h6-8,12,16,18,22-25H,5,9H2,1-4H3/t12-,16-,18-/m1/s1. The van der Waals surface area contributed by atoms with E-state index in [1.807, 2.05) is 0 Å². The second-order valence-corrected chi connectivity index (χ2v) is 6.92. The van der Waals surface area contributed by atoms with Crippen molar-refractivity contribution in [2.45, 2.75) is 18.4 Å². The number of benzene rings is 2. The molecule has 0 aromatic heterocycles. The third-order valence-corrected chi connectivity index (χ3v) is 5.48. The predicted molar refractivity (Wildman–Crippen MR) is 105 cm³/mol. The fourth-order valence-corrected chi connectivity index (χ4v) is 4.04. The van der Waals surface area contributed by atoms with Crippen LogP contribution in [-0.2, 0) is 6.42 Å². The molecule has 0 amide bonds. The van der Waals surface area contributed by atoms with Crippen LogP contribution < -0.4 is 18.9 Å². The molecule has 0 spiro atoms. The van der Waals surface area contributed by atoms with Gasteiger partial charge >= 0.3 is 0 Å². The molecule has 0 saturated carbocycles. The highest BCUT2D eigenvalue weighted by Crippen LogP contribution is 2.52. The minimum atomic E-state index is -0.979. The van der Waals surface area contributed by atoms with Gasteiger partial charge in [0.25, 0.3) is 0 Å². The van der Waals surface area contributed by atoms with Crippen LogP contribution in [-0.4, -0.2) is 61.6 Å². The summed E-state index contributed by atoms with van der Waals surface area (Å²) in [5.74, 6) is -0.673. The number of hydrogen-bond donors (Lipinski definition) is 4. The second-order valence-electron chi connectivity index (χ2n) is 6.92. The third kappa shape index (κ3) is 3.38. The van der Waals surface area contributed by atoms with Crippen LogP contribution in [0.4, 0.5) is 0 Å². The maximum Gasteiger partial charge on any atom is 0.201 e. The number of phenols is 2. The third-order valence-electron chi connectivity index (χ3n) is 5.48. The Hall–Kier alpha value is -2.84. The van der Waals surface area contributed by atoms with Crippen molar-refractivity contribution in [3.63, 3.8) is 0 Å². The molecule has 29 heavy (non-hydrogen) atoms. The summed E-state index contributed by atoms with van der Waals surface area (Å²) in [6, 6.07) is 4.87. The molecular formula is C21H26O8. The molecule has 1 aliphatic carbocycles. The number of hydrogen-bond acceptors (Lipinski definition) is 8. The van der Waals surface area contributed by atoms with Gasteiger partial charge in [0.15, 0.2) is 23.0 Å². The molecule has 0 unspecified atom stereocenters. The van der Waals surface area contributed by atoms with Crippen LogP contribution in [0.1, 0.15) is 22.6 Å². The molecule has 8 nitrogen and oxygen atoms in total. The van der Waals surface area contributed by atoms with Crippen LogP contribution >= 0.6 is 0 Å². The van der Waals surface area contributed by atoms with Crippen molar-refractivity contribution in [1.82, 2.24) is 0 Å². The summed E-state index contributed by atoms with van der Waals surface area (Å²) in [6.45, 7) is -0.227. The van der Waals surface area contributed by atoms with Gasteiger partial charge in [-0.05, 0) is 35.7 Å². The van der Waals surface area contributed by atoms with Crippen LogP contribution in [0.25, 0.3) is 0 Å². The van der Waals surface area contributed by atoms with E-state index in [-0.39, 0.29) is 41.1 Å². The average Bonchev–Trinajstić information content (AvgIpc) is 2.73. The second kappa shape index (κ2) is 8.26. The van der Waals surface area contributed by atoms with Gasteiger partial charge in [0.05, 0.1) is 34.5 Å². The van der Waals surface area contributed by atoms with E-state index >= 15 is 0 Å². The molecule has 4 N–H and O–H groups in total. The molecule has 3 rings (SSSR count). The first-order valence-corrected chi connectivity index (χ1v) is 9.12. The SMILES string of the molecule is COc1cc([C@@H]2c3c(cc(OC)c(O)c3OC)C[C@H](CO)[C@H]2O)cc(OC)c1O. The molecule has 0 heterocycles. The summed E-state index contributed by atoms with van der Waals surface area (Å²) < 4.78 is 21.2. The maximum atomic E-state index is 11.1. The van der Waals surface area contributed by atoms with E-state index in [1.54, 1.807) is 18.2 Å². The fraction of sp³-hybridized carbons (Fsp3) is 0.429. The van der Waals surface area contributed by atoms with Crippen molar-refractivity contribution in [3.05, 3.63) is 34.9 Å². The lowest BCUT2D eigenvalue weighted by Gasteiger charge is -2.37. The van der Waals surface area contributed by atoms with Crippen LogP contribution in [0.3, 0.4) is 0 Å². The van der Waals surface area contributed by atoms with Gasteiger partial charge in [-0.1, -0.05) is 0 Å². The number of phenolic OH excluding ortho intramolecular Hbond substituents is 2. The largest absolute Gasteiger partial charge is 0.502 e. The van der Waals surface area contributed by atoms with Crippen molar-refractivity contribution < 1.29 is 39.4 Å². The zero-order valence-corrected chi connectivity index (χ0v) is 16.8. The molecule has 0 bridgehead atoms. The summed E-state index contributed by atoms with van der Waals surface area (Å²) in [5, 5.41) is 41.8. The van der Waals surface area contributed by atoms with Gasteiger partial charge in [-0.15, -0.1) is 0 Å². The first kappa shape index (κ1) is 20.9. The Morgan fingerprint density at radius 1 is 0.862 bits per heavy atom. The quantitative estimate of drug-likeness (QED) is 0.574. The number of methoxy groups -OCH3 is 4. The van der Waals surface area contributed by atoms with Crippen LogP contribution in [0, 0.1) is 5.92 Å². The Bertz CT molecular complexity index is 870. The minimum absolute atomic E-state index is 0.160. The highest BCUT2D eigenvalue weighted by atomic mass is 16.5. The molecule has 8 heteroatoms. The summed E-state index contributed by atoms with van der Waals surface area (Å²) in [5.41, 5.74) is 1.93. The Kier molecular flexibility index (Phi) is 5.95. The van der Waals surface area contributed by atoms with Gasteiger partial charge in [-0.3, -0.25) is 0 Å². The van der Waals surface area contributed by atoms with Gasteiger partial charge in [-0.2, -0.15) is 0 Å². The lowest BCUT2D eigenvalue weighted by atomic mass is 9.71. The number of aliphatic hydroxyl groups excluding tert-OH is 2. The molecule has 0 radical (unpaired) electrons. The molecule has 0 fully saturated rings. The maximum absolute atomic E-state index is 11.1. The van der Waals surface area contributed by atoms with E-state index in [2.05, 4.69) is 0 Å². The monoisotopic (exact) mass is 406 g/mol. The number of aliphatic hydroxyl groups is 2. The van der Waals surface area contributed by atoms with Crippen molar-refractivity contribution in [3.8, 4) is 34.5 Å². The summed E-state index contributed by atoms with van der Waals surface area (Å²) >= 11 is 0. The van der Waals surface area contributed by atoms with Crippen LogP contribution in [0.5, 0.6) is 34.5 Å². The normalized spacial score (nSPS) is 20.7. The van der Waals surface area contributed by atoms with E-state index in [0.717, 1.165) is 5.56 Å². The zero-order valence-electron chi connectivity index (χ0n) is 16.8. The predicted octanol–water partition coefficient (Wildman–Crippen LogP) is 1.79. The van der Waals surface area contributed by atoms with Crippen molar-refractivity contribution in [2.24, 2.45) is 5.92 Å². The fourth-order valence-electron chi connectivity index (χ4n) is 4.04. The van der Waals surface area contributed by atoms with E-state index in [4.69, 9.17) is 18.9 Å². The highest BCUT2D eigenvalue weighted by Gasteiger charge is 2.40. The number of rotatable bonds is 6. The van der Waals surface area contributed by atoms with Gasteiger partial charge in [0.1, 0.15) is 0 Å². The van der Waals surface area contributed by atoms with E-state index in [9.17, 15) is 20.4 Å². The molecular weight excluding hydrogens is 380 g/mol. The Balaban J connectivity index is 2.31. The Labute approximate surface area is 168 Å². The van der Waals surface area contributed by atoms with Gasteiger partial charge < -0.3 is 39.4 Å². The molecule has 2 aromatic carbocycles. The Morgan fingerprint density at radius 2 is 1.41 bits per heavy atom. The highest BCUT2D eigenvalue weighted by molar-refractivity contribution is 5.64. The van der Waals surface area contributed by atoms with Gasteiger partial charge in [-0.25, -0.2) is 0 Å². The number of aromatic hydroxyl groups is 2. The van der Waals surface area contributed by atoms with Crippen LogP contribution in [0.15, 0.2) is 18.2 Å².